The summed E-state index contributed by atoms with van der Waals surface area (Å²) < 4.78 is 5.37. The molecule has 1 aromatic rings. The molecule has 1 atom stereocenters. The third-order valence-electron chi connectivity index (χ3n) is 2.55. The normalized spacial score (nSPS) is 20.9. The molecule has 0 radical (unpaired) electrons. The van der Waals surface area contributed by atoms with Crippen LogP contribution in [0.25, 0.3) is 0 Å². The number of nitrogen functional groups attached to an aromatic ring is 1. The summed E-state index contributed by atoms with van der Waals surface area (Å²) in [6.07, 6.45) is 1.67. The maximum absolute atomic E-state index is 5.71. The van der Waals surface area contributed by atoms with E-state index in [-0.39, 0.29) is 11.3 Å². The predicted molar refractivity (Wildman–Crippen MR) is 62.5 cm³/mol. The molecule has 1 saturated heterocycles. The Morgan fingerprint density at radius 2 is 2.50 bits per heavy atom. The first-order valence-corrected chi connectivity index (χ1v) is 5.43. The molecule has 0 aliphatic carbocycles. The molecule has 1 aliphatic rings. The van der Waals surface area contributed by atoms with E-state index in [1.165, 1.54) is 0 Å². The minimum atomic E-state index is 0.178. The molecule has 0 spiro atoms. The van der Waals surface area contributed by atoms with Crippen molar-refractivity contribution in [3.63, 3.8) is 0 Å². The van der Waals surface area contributed by atoms with Crippen LogP contribution in [0.5, 0.6) is 0 Å². The van der Waals surface area contributed by atoms with Gasteiger partial charge in [-0.1, -0.05) is 0 Å². The Bertz CT molecular complexity index is 375. The summed E-state index contributed by atoms with van der Waals surface area (Å²) in [7, 11) is 0. The van der Waals surface area contributed by atoms with Gasteiger partial charge in [-0.15, -0.1) is 0 Å². The van der Waals surface area contributed by atoms with E-state index in [1.54, 1.807) is 6.20 Å². The average Bonchev–Trinajstić information content (AvgIpc) is 2.30. The molecular formula is C9H14ClN5O. The number of hydrazine groups is 1. The predicted octanol–water partition coefficient (Wildman–Crippen LogP) is 0.641. The lowest BCUT2D eigenvalue weighted by Gasteiger charge is -2.35. The molecule has 6 nitrogen and oxygen atoms in total. The lowest BCUT2D eigenvalue weighted by Crippen LogP contribution is -2.44. The zero-order chi connectivity index (χ0) is 11.5. The number of anilines is 2. The summed E-state index contributed by atoms with van der Waals surface area (Å²) in [5, 5.41) is 0.178. The molecule has 16 heavy (non-hydrogen) atoms. The molecule has 2 rings (SSSR count). The summed E-state index contributed by atoms with van der Waals surface area (Å²) in [5.74, 6) is 5.95. The second kappa shape index (κ2) is 4.82. The Morgan fingerprint density at radius 3 is 3.19 bits per heavy atom. The molecule has 1 unspecified atom stereocenters. The van der Waals surface area contributed by atoms with Crippen LogP contribution in [0.1, 0.15) is 6.92 Å². The van der Waals surface area contributed by atoms with Gasteiger partial charge in [0.05, 0.1) is 19.4 Å². The van der Waals surface area contributed by atoms with Crippen molar-refractivity contribution in [1.29, 1.82) is 0 Å². The smallest absolute Gasteiger partial charge is 0.224 e. The average molecular weight is 244 g/mol. The van der Waals surface area contributed by atoms with Crippen molar-refractivity contribution in [2.45, 2.75) is 13.0 Å². The summed E-state index contributed by atoms with van der Waals surface area (Å²) in [5.41, 5.74) is 3.39. The van der Waals surface area contributed by atoms with Crippen LogP contribution < -0.4 is 16.2 Å². The summed E-state index contributed by atoms with van der Waals surface area (Å²) in [6, 6.07) is 0.269. The van der Waals surface area contributed by atoms with E-state index in [0.717, 1.165) is 12.2 Å². The van der Waals surface area contributed by atoms with Gasteiger partial charge in [0.15, 0.2) is 5.82 Å². The molecule has 88 valence electrons. The third-order valence-corrected chi connectivity index (χ3v) is 2.74. The fraction of sp³-hybridized carbons (Fsp3) is 0.556. The van der Waals surface area contributed by atoms with Crippen LogP contribution in [0.3, 0.4) is 0 Å². The van der Waals surface area contributed by atoms with E-state index >= 15 is 0 Å². The highest BCUT2D eigenvalue weighted by Crippen LogP contribution is 2.26. The maximum atomic E-state index is 5.71. The number of halogens is 1. The van der Waals surface area contributed by atoms with Crippen molar-refractivity contribution in [2.24, 2.45) is 5.84 Å². The monoisotopic (exact) mass is 243 g/mol. The van der Waals surface area contributed by atoms with Gasteiger partial charge in [0.25, 0.3) is 0 Å². The highest BCUT2D eigenvalue weighted by molar-refractivity contribution is 6.28. The summed E-state index contributed by atoms with van der Waals surface area (Å²) in [6.45, 7) is 4.25. The van der Waals surface area contributed by atoms with Crippen LogP contribution in [-0.2, 0) is 4.74 Å². The minimum absolute atomic E-state index is 0.178. The van der Waals surface area contributed by atoms with Crippen molar-refractivity contribution >= 4 is 23.1 Å². The topological polar surface area (TPSA) is 76.3 Å². The van der Waals surface area contributed by atoms with Crippen LogP contribution in [0.4, 0.5) is 11.5 Å². The van der Waals surface area contributed by atoms with Crippen LogP contribution in [0, 0.1) is 0 Å². The summed E-state index contributed by atoms with van der Waals surface area (Å²) in [4.78, 5) is 10.2. The van der Waals surface area contributed by atoms with Crippen molar-refractivity contribution in [2.75, 3.05) is 30.1 Å². The molecule has 1 aliphatic heterocycles. The standard InChI is InChI=1S/C9H14ClN5O/c1-6-5-16-3-2-15(6)7-4-12-9(10)13-8(7)14-11/h4,6H,2-3,5,11H2,1H3,(H,12,13,14). The quantitative estimate of drug-likeness (QED) is 0.451. The second-order valence-corrected chi connectivity index (χ2v) is 3.97. The highest BCUT2D eigenvalue weighted by atomic mass is 35.5. The number of ether oxygens (including phenoxy) is 1. The van der Waals surface area contributed by atoms with Crippen molar-refractivity contribution in [3.05, 3.63) is 11.5 Å². The Balaban J connectivity index is 2.30. The highest BCUT2D eigenvalue weighted by Gasteiger charge is 2.22. The third kappa shape index (κ3) is 2.18. The van der Waals surface area contributed by atoms with Gasteiger partial charge in [0, 0.05) is 12.6 Å². The molecular weight excluding hydrogens is 230 g/mol. The number of hydrogen-bond donors (Lipinski definition) is 2. The Kier molecular flexibility index (Phi) is 3.42. The largest absolute Gasteiger partial charge is 0.377 e. The number of rotatable bonds is 2. The van der Waals surface area contributed by atoms with E-state index in [0.29, 0.717) is 19.0 Å². The van der Waals surface area contributed by atoms with Gasteiger partial charge in [-0.2, -0.15) is 4.98 Å². The first kappa shape index (κ1) is 11.4. The molecule has 7 heteroatoms. The zero-order valence-corrected chi connectivity index (χ0v) is 9.74. The van der Waals surface area contributed by atoms with E-state index < -0.39 is 0 Å². The van der Waals surface area contributed by atoms with Gasteiger partial charge in [-0.25, -0.2) is 10.8 Å². The number of nitrogens with one attached hydrogen (secondary N) is 1. The van der Waals surface area contributed by atoms with E-state index in [4.69, 9.17) is 22.2 Å². The summed E-state index contributed by atoms with van der Waals surface area (Å²) >= 11 is 5.71. The number of nitrogens with two attached hydrogens (primary N) is 1. The second-order valence-electron chi connectivity index (χ2n) is 3.63. The van der Waals surface area contributed by atoms with Crippen molar-refractivity contribution in [3.8, 4) is 0 Å². The van der Waals surface area contributed by atoms with Crippen molar-refractivity contribution in [1.82, 2.24) is 9.97 Å². The number of hydrogen-bond acceptors (Lipinski definition) is 6. The van der Waals surface area contributed by atoms with Crippen LogP contribution in [-0.4, -0.2) is 35.8 Å². The molecule has 1 fully saturated rings. The molecule has 0 bridgehead atoms. The molecule has 2 heterocycles. The van der Waals surface area contributed by atoms with Crippen LogP contribution in [0.15, 0.2) is 6.20 Å². The van der Waals surface area contributed by atoms with E-state index in [9.17, 15) is 0 Å². The Labute approximate surface area is 98.7 Å². The Hall–Kier alpha value is -1.11. The molecule has 1 aromatic heterocycles. The Morgan fingerprint density at radius 1 is 1.69 bits per heavy atom. The molecule has 0 aromatic carbocycles. The van der Waals surface area contributed by atoms with Crippen LogP contribution >= 0.6 is 11.6 Å². The first-order valence-electron chi connectivity index (χ1n) is 5.06. The number of nitrogens with zero attached hydrogens (tertiary/aromatic N) is 3. The molecule has 3 N–H and O–H groups in total. The zero-order valence-electron chi connectivity index (χ0n) is 8.98. The van der Waals surface area contributed by atoms with Gasteiger partial charge in [-0.3, -0.25) is 0 Å². The fourth-order valence-corrected chi connectivity index (χ4v) is 1.89. The lowest BCUT2D eigenvalue weighted by molar-refractivity contribution is 0.0989. The van der Waals surface area contributed by atoms with Crippen LogP contribution in [0.2, 0.25) is 5.28 Å². The fourth-order valence-electron chi connectivity index (χ4n) is 1.76. The van der Waals surface area contributed by atoms with E-state index in [1.807, 2.05) is 0 Å². The lowest BCUT2D eigenvalue weighted by atomic mass is 10.2. The van der Waals surface area contributed by atoms with Gasteiger partial charge in [0.1, 0.15) is 5.69 Å². The SMILES string of the molecule is CC1COCCN1c1cnc(Cl)nc1NN. The molecule has 0 amide bonds. The number of aromatic nitrogens is 2. The maximum Gasteiger partial charge on any atom is 0.224 e. The minimum Gasteiger partial charge on any atom is -0.377 e. The van der Waals surface area contributed by atoms with Gasteiger partial charge < -0.3 is 15.1 Å². The van der Waals surface area contributed by atoms with Gasteiger partial charge in [-0.05, 0) is 18.5 Å². The number of morpholine rings is 1. The van der Waals surface area contributed by atoms with Gasteiger partial charge >= 0.3 is 0 Å². The van der Waals surface area contributed by atoms with Crippen molar-refractivity contribution < 1.29 is 4.74 Å². The first-order chi connectivity index (χ1) is 7.72. The van der Waals surface area contributed by atoms with E-state index in [2.05, 4.69) is 27.2 Å². The van der Waals surface area contributed by atoms with Gasteiger partial charge in [0.2, 0.25) is 5.28 Å². The molecule has 0 saturated carbocycles.